The van der Waals surface area contributed by atoms with E-state index < -0.39 is 55.2 Å². The number of hydrogen-bond acceptors (Lipinski definition) is 6. The van der Waals surface area contributed by atoms with Crippen molar-refractivity contribution >= 4 is 39.2 Å². The Labute approximate surface area is 217 Å². The monoisotopic (exact) mass is 541 g/mol. The van der Waals surface area contributed by atoms with E-state index in [1.807, 2.05) is 24.6 Å². The summed E-state index contributed by atoms with van der Waals surface area (Å²) in [4.78, 5) is 43.8. The lowest BCUT2D eigenvalue weighted by molar-refractivity contribution is -0.685. The average molecular weight is 542 g/mol. The van der Waals surface area contributed by atoms with Crippen LogP contribution >= 0.6 is 0 Å². The first-order chi connectivity index (χ1) is 17.8. The van der Waals surface area contributed by atoms with Crippen LogP contribution in [0.1, 0.15) is 35.7 Å². The number of imide groups is 2. The number of sulfonamides is 1. The van der Waals surface area contributed by atoms with Crippen molar-refractivity contribution < 1.29 is 36.1 Å². The number of carbonyl (C=O) groups excluding carboxylic acids is 3. The van der Waals surface area contributed by atoms with Crippen molar-refractivity contribution in [3.8, 4) is 0 Å². The lowest BCUT2D eigenvalue weighted by Gasteiger charge is -2.32. The summed E-state index contributed by atoms with van der Waals surface area (Å²) in [5.74, 6) is -4.72. The first-order valence-electron chi connectivity index (χ1n) is 11.4. The zero-order valence-electron chi connectivity index (χ0n) is 20.6. The van der Waals surface area contributed by atoms with Crippen molar-refractivity contribution in [3.63, 3.8) is 0 Å². The maximum Gasteiger partial charge on any atom is 0.442 e. The predicted molar refractivity (Wildman–Crippen MR) is 134 cm³/mol. The Morgan fingerprint density at radius 3 is 2.26 bits per heavy atom. The summed E-state index contributed by atoms with van der Waals surface area (Å²) in [6.45, 7) is 3.85. The number of benzene rings is 2. The second-order valence-electron chi connectivity index (χ2n) is 9.01. The van der Waals surface area contributed by atoms with Crippen LogP contribution in [0.4, 0.5) is 25.0 Å². The molecule has 9 nitrogen and oxygen atoms in total. The van der Waals surface area contributed by atoms with Gasteiger partial charge >= 0.3 is 11.9 Å². The number of halogens is 2. The molecule has 12 heteroatoms. The molecule has 196 valence electrons. The molecule has 0 radical (unpaired) electrons. The number of rotatable bonds is 6. The van der Waals surface area contributed by atoms with E-state index in [2.05, 4.69) is 4.98 Å². The normalized spacial score (nSPS) is 17.7. The van der Waals surface area contributed by atoms with E-state index in [0.29, 0.717) is 12.1 Å². The molecular weight excluding hydrogens is 518 g/mol. The van der Waals surface area contributed by atoms with Gasteiger partial charge in [0.2, 0.25) is 0 Å². The number of nitrogens with one attached hydrogen (secondary N) is 1. The SMILES string of the molecule is CC(C)c1cccc(N2C(=O)C=C[N+](C)(C(=O)c3c(F)cc(NS(=O)(=O)c4ccncc4)cc3F)C2=O)c1. The van der Waals surface area contributed by atoms with E-state index in [-0.39, 0.29) is 16.5 Å². The number of nitrogens with zero attached hydrogens (tertiary/aromatic N) is 3. The van der Waals surface area contributed by atoms with Crippen molar-refractivity contribution in [1.82, 2.24) is 4.98 Å². The van der Waals surface area contributed by atoms with Crippen LogP contribution in [0.2, 0.25) is 0 Å². The van der Waals surface area contributed by atoms with Crippen LogP contribution in [0.3, 0.4) is 0 Å². The van der Waals surface area contributed by atoms with E-state index in [4.69, 9.17) is 0 Å². The van der Waals surface area contributed by atoms with Crippen LogP contribution in [0, 0.1) is 11.6 Å². The van der Waals surface area contributed by atoms with Gasteiger partial charge in [-0.15, -0.1) is 4.48 Å². The summed E-state index contributed by atoms with van der Waals surface area (Å²) in [5, 5.41) is 0. The molecule has 38 heavy (non-hydrogen) atoms. The number of pyridine rings is 1. The Kier molecular flexibility index (Phi) is 6.96. The molecule has 0 aliphatic carbocycles. The highest BCUT2D eigenvalue weighted by Crippen LogP contribution is 2.30. The van der Waals surface area contributed by atoms with Gasteiger partial charge in [0.25, 0.3) is 15.9 Å². The third-order valence-corrected chi connectivity index (χ3v) is 7.41. The topological polar surface area (TPSA) is 114 Å². The Balaban J connectivity index is 1.69. The molecule has 4 rings (SSSR count). The average Bonchev–Trinajstić information content (AvgIpc) is 2.86. The highest BCUT2D eigenvalue weighted by atomic mass is 32.2. The fourth-order valence-corrected chi connectivity index (χ4v) is 4.89. The molecule has 0 bridgehead atoms. The molecule has 0 spiro atoms. The number of carbonyl (C=O) groups is 3. The van der Waals surface area contributed by atoms with Crippen LogP contribution in [-0.4, -0.2) is 42.8 Å². The minimum absolute atomic E-state index is 0.0840. The maximum atomic E-state index is 15.1. The van der Waals surface area contributed by atoms with Gasteiger partial charge in [-0.3, -0.25) is 14.5 Å². The summed E-state index contributed by atoms with van der Waals surface area (Å²) in [5.41, 5.74) is -0.504. The molecule has 2 aromatic carbocycles. The lowest BCUT2D eigenvalue weighted by atomic mass is 10.0. The highest BCUT2D eigenvalue weighted by molar-refractivity contribution is 7.92. The number of hydrogen-bond donors (Lipinski definition) is 1. The summed E-state index contributed by atoms with van der Waals surface area (Å²) >= 11 is 0. The number of anilines is 2. The minimum atomic E-state index is -4.20. The number of aromatic nitrogens is 1. The van der Waals surface area contributed by atoms with E-state index >= 15 is 8.78 Å². The molecule has 4 amide bonds. The smallest absolute Gasteiger partial charge is 0.279 e. The quantitative estimate of drug-likeness (QED) is 0.458. The third kappa shape index (κ3) is 4.83. The van der Waals surface area contributed by atoms with Crippen LogP contribution in [0.5, 0.6) is 0 Å². The molecule has 1 atom stereocenters. The van der Waals surface area contributed by atoms with Gasteiger partial charge in [0.1, 0.15) is 17.8 Å². The van der Waals surface area contributed by atoms with Crippen molar-refractivity contribution in [2.45, 2.75) is 24.7 Å². The molecule has 0 fully saturated rings. The predicted octanol–water partition coefficient (Wildman–Crippen LogP) is 4.55. The van der Waals surface area contributed by atoms with Crippen molar-refractivity contribution in [1.29, 1.82) is 0 Å². The van der Waals surface area contributed by atoms with E-state index in [0.717, 1.165) is 29.8 Å². The fraction of sp³-hybridized carbons (Fsp3) is 0.154. The second-order valence-corrected chi connectivity index (χ2v) is 10.7. The largest absolute Gasteiger partial charge is 0.442 e. The summed E-state index contributed by atoms with van der Waals surface area (Å²) < 4.78 is 56.0. The van der Waals surface area contributed by atoms with Gasteiger partial charge in [-0.05, 0) is 47.9 Å². The highest BCUT2D eigenvalue weighted by Gasteiger charge is 2.50. The van der Waals surface area contributed by atoms with Crippen LogP contribution in [0.25, 0.3) is 0 Å². The lowest BCUT2D eigenvalue weighted by Crippen LogP contribution is -2.60. The van der Waals surface area contributed by atoms with Crippen LogP contribution in [0.15, 0.2) is 78.1 Å². The van der Waals surface area contributed by atoms with Gasteiger partial charge in [0, 0.05) is 12.4 Å². The van der Waals surface area contributed by atoms with Gasteiger partial charge in [0.05, 0.1) is 29.4 Å². The van der Waals surface area contributed by atoms with Crippen molar-refractivity contribution in [3.05, 3.63) is 96.0 Å². The van der Waals surface area contributed by atoms with E-state index in [1.54, 1.807) is 12.1 Å². The Hall–Kier alpha value is -4.29. The Morgan fingerprint density at radius 1 is 1.03 bits per heavy atom. The zero-order valence-corrected chi connectivity index (χ0v) is 21.4. The third-order valence-electron chi connectivity index (χ3n) is 6.01. The molecular formula is C26H23F2N4O5S+. The van der Waals surface area contributed by atoms with Gasteiger partial charge in [-0.2, -0.15) is 4.90 Å². The Bertz CT molecular complexity index is 1570. The van der Waals surface area contributed by atoms with Crippen molar-refractivity contribution in [2.24, 2.45) is 0 Å². The first kappa shape index (κ1) is 26.8. The minimum Gasteiger partial charge on any atom is -0.279 e. The van der Waals surface area contributed by atoms with Crippen molar-refractivity contribution in [2.75, 3.05) is 16.7 Å². The summed E-state index contributed by atoms with van der Waals surface area (Å²) in [7, 11) is -3.09. The summed E-state index contributed by atoms with van der Waals surface area (Å²) in [6, 6.07) is 9.22. The summed E-state index contributed by atoms with van der Waals surface area (Å²) in [6.07, 6.45) is 4.40. The van der Waals surface area contributed by atoms with E-state index in [9.17, 15) is 22.8 Å². The fourth-order valence-electron chi connectivity index (χ4n) is 3.87. The van der Waals surface area contributed by atoms with Crippen LogP contribution in [-0.2, 0) is 14.8 Å². The Morgan fingerprint density at radius 2 is 1.66 bits per heavy atom. The number of amides is 4. The number of quaternary nitrogens is 1. The molecule has 3 aromatic rings. The van der Waals surface area contributed by atoms with Crippen LogP contribution < -0.4 is 9.62 Å². The molecule has 1 N–H and O–H groups in total. The van der Waals surface area contributed by atoms with Gasteiger partial charge in [-0.25, -0.2) is 26.8 Å². The molecule has 1 unspecified atom stereocenters. The standard InChI is InChI=1S/C26H22F2N4O5S/c1-16(2)17-5-4-6-19(13-17)31-23(33)9-12-32(3,26(31)35)25(34)24-21(27)14-18(15-22(24)28)30-38(36,37)20-7-10-29-11-8-20/h4-16H,1-3H3/p+1. The zero-order chi connectivity index (χ0) is 27.8. The molecule has 0 saturated carbocycles. The molecule has 1 aliphatic rings. The van der Waals surface area contributed by atoms with E-state index in [1.165, 1.54) is 30.6 Å². The number of urea groups is 1. The van der Waals surface area contributed by atoms with Gasteiger partial charge in [0.15, 0.2) is 5.56 Å². The molecule has 2 heterocycles. The molecule has 0 saturated heterocycles. The molecule has 1 aliphatic heterocycles. The first-order valence-corrected chi connectivity index (χ1v) is 12.8. The van der Waals surface area contributed by atoms with Gasteiger partial charge in [-0.1, -0.05) is 26.0 Å². The second kappa shape index (κ2) is 9.88. The molecule has 1 aromatic heterocycles. The van der Waals surface area contributed by atoms with Gasteiger partial charge < -0.3 is 0 Å². The maximum absolute atomic E-state index is 15.1.